The number of rotatable bonds is 4. The summed E-state index contributed by atoms with van der Waals surface area (Å²) in [5.74, 6) is -0.666. The van der Waals surface area contributed by atoms with Gasteiger partial charge in [0.05, 0.1) is 0 Å². The van der Waals surface area contributed by atoms with Gasteiger partial charge in [0, 0.05) is 38.9 Å². The molecule has 1 aliphatic heterocycles. The Labute approximate surface area is 144 Å². The van der Waals surface area contributed by atoms with E-state index in [9.17, 15) is 14.0 Å². The normalized spacial score (nSPS) is 14.6. The van der Waals surface area contributed by atoms with Crippen molar-refractivity contribution in [3.8, 4) is 11.3 Å². The third-order valence-corrected chi connectivity index (χ3v) is 4.10. The highest BCUT2D eigenvalue weighted by Gasteiger charge is 2.23. The molecule has 132 valence electrons. The lowest BCUT2D eigenvalue weighted by molar-refractivity contribution is -0.135. The minimum atomic E-state index is -0.899. The summed E-state index contributed by atoms with van der Waals surface area (Å²) in [7, 11) is 1.48. The van der Waals surface area contributed by atoms with Crippen LogP contribution in [0, 0.1) is 5.82 Å². The molecule has 1 amide bonds. The zero-order chi connectivity index (χ0) is 17.8. The van der Waals surface area contributed by atoms with Gasteiger partial charge in [0.1, 0.15) is 12.3 Å². The number of hydrogen-bond acceptors (Lipinski definition) is 5. The second-order valence-electron chi connectivity index (χ2n) is 5.72. The van der Waals surface area contributed by atoms with E-state index in [1.54, 1.807) is 29.2 Å². The molecule has 8 heteroatoms. The van der Waals surface area contributed by atoms with E-state index in [1.165, 1.54) is 7.11 Å². The predicted octanol–water partition coefficient (Wildman–Crippen LogP) is 0.871. The highest BCUT2D eigenvalue weighted by atomic mass is 19.1. The van der Waals surface area contributed by atoms with Crippen LogP contribution in [0.3, 0.4) is 0 Å². The van der Waals surface area contributed by atoms with Crippen molar-refractivity contribution >= 4 is 11.9 Å². The van der Waals surface area contributed by atoms with Crippen molar-refractivity contribution in [2.75, 3.05) is 44.8 Å². The Bertz CT molecular complexity index is 801. The van der Waals surface area contributed by atoms with E-state index < -0.39 is 11.4 Å². The summed E-state index contributed by atoms with van der Waals surface area (Å²) in [5.41, 5.74) is -0.236. The molecule has 1 aliphatic rings. The minimum absolute atomic E-state index is 0.0252. The first-order valence-electron chi connectivity index (χ1n) is 7.97. The second kappa shape index (κ2) is 7.43. The molecule has 3 rings (SSSR count). The number of carbonyl (C=O) groups is 1. The van der Waals surface area contributed by atoms with Crippen LogP contribution >= 0.6 is 0 Å². The monoisotopic (exact) mass is 346 g/mol. The second-order valence-corrected chi connectivity index (χ2v) is 5.72. The molecule has 7 nitrogen and oxygen atoms in total. The number of methoxy groups -OCH3 is 1. The summed E-state index contributed by atoms with van der Waals surface area (Å²) in [5, 5.41) is 0. The summed E-state index contributed by atoms with van der Waals surface area (Å²) in [6.07, 6.45) is 0. The van der Waals surface area contributed by atoms with Crippen molar-refractivity contribution in [2.45, 2.75) is 0 Å². The third-order valence-electron chi connectivity index (χ3n) is 4.10. The number of aromatic amines is 1. The Morgan fingerprint density at radius 2 is 1.92 bits per heavy atom. The van der Waals surface area contributed by atoms with Gasteiger partial charge in [-0.2, -0.15) is 4.39 Å². The van der Waals surface area contributed by atoms with Crippen molar-refractivity contribution in [2.24, 2.45) is 0 Å². The van der Waals surface area contributed by atoms with E-state index in [-0.39, 0.29) is 18.2 Å². The Morgan fingerprint density at radius 1 is 1.24 bits per heavy atom. The molecule has 1 aromatic heterocycles. The number of halogens is 1. The van der Waals surface area contributed by atoms with Crippen LogP contribution in [0.2, 0.25) is 0 Å². The zero-order valence-corrected chi connectivity index (χ0v) is 13.9. The number of amides is 1. The van der Waals surface area contributed by atoms with Crippen molar-refractivity contribution in [3.63, 3.8) is 0 Å². The molecular formula is C17H19FN4O3. The van der Waals surface area contributed by atoms with Crippen LogP contribution in [-0.4, -0.2) is 60.7 Å². The van der Waals surface area contributed by atoms with E-state index in [0.717, 1.165) is 0 Å². The van der Waals surface area contributed by atoms with Crippen molar-refractivity contribution in [1.29, 1.82) is 0 Å². The summed E-state index contributed by atoms with van der Waals surface area (Å²) in [6, 6.07) is 8.74. The van der Waals surface area contributed by atoms with Gasteiger partial charge in [0.15, 0.2) is 0 Å². The molecule has 1 fully saturated rings. The van der Waals surface area contributed by atoms with E-state index >= 15 is 0 Å². The maximum atomic E-state index is 14.2. The number of aromatic nitrogens is 2. The number of anilines is 1. The van der Waals surface area contributed by atoms with E-state index in [0.29, 0.717) is 37.7 Å². The molecular weight excluding hydrogens is 327 g/mol. The molecule has 0 radical (unpaired) electrons. The molecule has 2 heterocycles. The van der Waals surface area contributed by atoms with Crippen LogP contribution in [0.4, 0.5) is 10.3 Å². The molecule has 1 N–H and O–H groups in total. The minimum Gasteiger partial charge on any atom is -0.375 e. The summed E-state index contributed by atoms with van der Waals surface area (Å²) in [4.78, 5) is 34.1. The van der Waals surface area contributed by atoms with Gasteiger partial charge in [-0.05, 0) is 0 Å². The summed E-state index contributed by atoms with van der Waals surface area (Å²) < 4.78 is 19.1. The van der Waals surface area contributed by atoms with Gasteiger partial charge >= 0.3 is 0 Å². The van der Waals surface area contributed by atoms with Crippen LogP contribution in [0.25, 0.3) is 11.3 Å². The molecule has 0 atom stereocenters. The van der Waals surface area contributed by atoms with Gasteiger partial charge < -0.3 is 14.5 Å². The van der Waals surface area contributed by atoms with E-state index in [2.05, 4.69) is 9.97 Å². The van der Waals surface area contributed by atoms with Gasteiger partial charge in [0.25, 0.3) is 5.56 Å². The van der Waals surface area contributed by atoms with Crippen LogP contribution in [-0.2, 0) is 9.53 Å². The molecule has 0 spiro atoms. The van der Waals surface area contributed by atoms with Gasteiger partial charge in [-0.15, -0.1) is 0 Å². The standard InChI is InChI=1S/C17H19FN4O3/c1-25-11-13(23)21-7-9-22(10-8-21)17-19-15(14(18)16(24)20-17)12-5-3-2-4-6-12/h2-6H,7-11H2,1H3,(H,19,20,24). The van der Waals surface area contributed by atoms with Crippen LogP contribution in [0.15, 0.2) is 35.1 Å². The number of nitrogens with zero attached hydrogens (tertiary/aromatic N) is 3. The number of ether oxygens (including phenoxy) is 1. The van der Waals surface area contributed by atoms with Crippen LogP contribution in [0.5, 0.6) is 0 Å². The largest absolute Gasteiger partial charge is 0.375 e. The number of benzene rings is 1. The average Bonchev–Trinajstić information content (AvgIpc) is 2.65. The fourth-order valence-corrected chi connectivity index (χ4v) is 2.77. The molecule has 0 aliphatic carbocycles. The first-order valence-corrected chi connectivity index (χ1v) is 7.97. The van der Waals surface area contributed by atoms with Gasteiger partial charge in [-0.3, -0.25) is 14.6 Å². The summed E-state index contributed by atoms with van der Waals surface area (Å²) >= 11 is 0. The Morgan fingerprint density at radius 3 is 2.56 bits per heavy atom. The Balaban J connectivity index is 1.81. The fraction of sp³-hybridized carbons (Fsp3) is 0.353. The number of piperazine rings is 1. The smallest absolute Gasteiger partial charge is 0.289 e. The molecule has 0 saturated carbocycles. The van der Waals surface area contributed by atoms with Crippen LogP contribution in [0.1, 0.15) is 0 Å². The summed E-state index contributed by atoms with van der Waals surface area (Å²) in [6.45, 7) is 2.02. The fourth-order valence-electron chi connectivity index (χ4n) is 2.77. The predicted molar refractivity (Wildman–Crippen MR) is 90.9 cm³/mol. The Kier molecular flexibility index (Phi) is 5.08. The maximum Gasteiger partial charge on any atom is 0.289 e. The number of H-pyrrole nitrogens is 1. The first kappa shape index (κ1) is 17.1. The molecule has 25 heavy (non-hydrogen) atoms. The van der Waals surface area contributed by atoms with Gasteiger partial charge in [-0.25, -0.2) is 4.98 Å². The van der Waals surface area contributed by atoms with Crippen LogP contribution < -0.4 is 10.5 Å². The lowest BCUT2D eigenvalue weighted by Gasteiger charge is -2.35. The lowest BCUT2D eigenvalue weighted by atomic mass is 10.1. The topological polar surface area (TPSA) is 78.5 Å². The van der Waals surface area contributed by atoms with Crippen molar-refractivity contribution < 1.29 is 13.9 Å². The van der Waals surface area contributed by atoms with Crippen molar-refractivity contribution in [1.82, 2.24) is 14.9 Å². The molecule has 0 bridgehead atoms. The number of hydrogen-bond donors (Lipinski definition) is 1. The van der Waals surface area contributed by atoms with Gasteiger partial charge in [0.2, 0.25) is 17.7 Å². The first-order chi connectivity index (χ1) is 12.1. The van der Waals surface area contributed by atoms with E-state index in [1.807, 2.05) is 11.0 Å². The maximum absolute atomic E-state index is 14.2. The zero-order valence-electron chi connectivity index (χ0n) is 13.9. The average molecular weight is 346 g/mol. The quantitative estimate of drug-likeness (QED) is 0.889. The molecule has 2 aromatic rings. The molecule has 0 unspecified atom stereocenters. The number of carbonyl (C=O) groups excluding carboxylic acids is 1. The third kappa shape index (κ3) is 3.69. The molecule has 1 saturated heterocycles. The molecule has 1 aromatic carbocycles. The lowest BCUT2D eigenvalue weighted by Crippen LogP contribution is -2.50. The van der Waals surface area contributed by atoms with Crippen molar-refractivity contribution in [3.05, 3.63) is 46.5 Å². The number of nitrogens with one attached hydrogen (secondary N) is 1. The van der Waals surface area contributed by atoms with Gasteiger partial charge in [-0.1, -0.05) is 30.3 Å². The Hall–Kier alpha value is -2.74. The SMILES string of the molecule is COCC(=O)N1CCN(c2nc(-c3ccccc3)c(F)c(=O)[nH]2)CC1. The van der Waals surface area contributed by atoms with E-state index in [4.69, 9.17) is 4.74 Å². The highest BCUT2D eigenvalue weighted by Crippen LogP contribution is 2.20. The highest BCUT2D eigenvalue weighted by molar-refractivity contribution is 5.77.